The van der Waals surface area contributed by atoms with Crippen LogP contribution >= 0.6 is 11.6 Å². The van der Waals surface area contributed by atoms with E-state index in [1.165, 1.54) is 6.26 Å². The molecule has 1 atom stereocenters. The van der Waals surface area contributed by atoms with Gasteiger partial charge in [-0.2, -0.15) is 0 Å². The lowest BCUT2D eigenvalue weighted by Gasteiger charge is -2.33. The zero-order valence-electron chi connectivity index (χ0n) is 15.0. The average molecular weight is 397 g/mol. The van der Waals surface area contributed by atoms with Crippen LogP contribution in [0.3, 0.4) is 0 Å². The van der Waals surface area contributed by atoms with Crippen LogP contribution in [0.5, 0.6) is 5.75 Å². The van der Waals surface area contributed by atoms with Gasteiger partial charge in [-0.1, -0.05) is 23.7 Å². The molecule has 1 aromatic heterocycles. The van der Waals surface area contributed by atoms with E-state index >= 15 is 0 Å². The highest BCUT2D eigenvalue weighted by molar-refractivity contribution is 6.30. The van der Waals surface area contributed by atoms with Crippen molar-refractivity contribution in [1.29, 1.82) is 0 Å². The number of hydrogen-bond acceptors (Lipinski definition) is 4. The molecular formula is C21H17ClN2O4. The van der Waals surface area contributed by atoms with Crippen LogP contribution in [0.4, 0.5) is 11.4 Å². The molecule has 7 heteroatoms. The molecule has 1 unspecified atom stereocenters. The number of benzene rings is 2. The van der Waals surface area contributed by atoms with E-state index in [4.69, 9.17) is 20.8 Å². The number of amides is 2. The highest BCUT2D eigenvalue weighted by Gasteiger charge is 2.32. The Bertz CT molecular complexity index is 1030. The molecule has 0 saturated carbocycles. The smallest absolute Gasteiger partial charge is 0.291 e. The lowest BCUT2D eigenvalue weighted by atomic mass is 10.1. The van der Waals surface area contributed by atoms with Crippen LogP contribution < -0.4 is 15.0 Å². The summed E-state index contributed by atoms with van der Waals surface area (Å²) < 4.78 is 10.8. The quantitative estimate of drug-likeness (QED) is 0.704. The Labute approximate surface area is 166 Å². The van der Waals surface area contributed by atoms with Crippen molar-refractivity contribution in [3.63, 3.8) is 0 Å². The molecule has 2 heterocycles. The highest BCUT2D eigenvalue weighted by atomic mass is 35.5. The van der Waals surface area contributed by atoms with Gasteiger partial charge in [-0.15, -0.1) is 0 Å². The van der Waals surface area contributed by atoms with Gasteiger partial charge in [0.1, 0.15) is 5.75 Å². The molecule has 1 aliphatic rings. The lowest BCUT2D eigenvalue weighted by molar-refractivity contribution is -0.125. The van der Waals surface area contributed by atoms with E-state index in [1.807, 2.05) is 18.2 Å². The number of nitrogens with zero attached hydrogens (tertiary/aromatic N) is 1. The number of nitrogens with one attached hydrogen (secondary N) is 1. The summed E-state index contributed by atoms with van der Waals surface area (Å²) >= 11 is 6.07. The lowest BCUT2D eigenvalue weighted by Crippen LogP contribution is -2.44. The van der Waals surface area contributed by atoms with Gasteiger partial charge in [0.2, 0.25) is 0 Å². The van der Waals surface area contributed by atoms with Crippen molar-refractivity contribution in [2.24, 2.45) is 0 Å². The molecule has 2 amide bonds. The molecule has 0 saturated heterocycles. The minimum atomic E-state index is -0.602. The minimum Gasteiger partial charge on any atom is -0.479 e. The van der Waals surface area contributed by atoms with Crippen molar-refractivity contribution in [3.8, 4) is 5.75 Å². The number of ether oxygens (including phenoxy) is 1. The van der Waals surface area contributed by atoms with Crippen molar-refractivity contribution < 1.29 is 18.7 Å². The van der Waals surface area contributed by atoms with Gasteiger partial charge in [-0.05, 0) is 55.0 Å². The summed E-state index contributed by atoms with van der Waals surface area (Å²) in [7, 11) is 0. The van der Waals surface area contributed by atoms with E-state index in [9.17, 15) is 9.59 Å². The number of rotatable bonds is 4. The fourth-order valence-electron chi connectivity index (χ4n) is 3.07. The van der Waals surface area contributed by atoms with Gasteiger partial charge in [0.15, 0.2) is 11.9 Å². The van der Waals surface area contributed by atoms with Crippen molar-refractivity contribution in [2.75, 3.05) is 10.2 Å². The molecule has 6 nitrogen and oxygen atoms in total. The second kappa shape index (κ2) is 7.40. The number of furan rings is 1. The number of anilines is 2. The third kappa shape index (κ3) is 3.59. The molecule has 0 spiro atoms. The minimum absolute atomic E-state index is 0.165. The number of hydrogen-bond donors (Lipinski definition) is 1. The van der Waals surface area contributed by atoms with E-state index in [1.54, 1.807) is 48.2 Å². The Hall–Kier alpha value is -3.25. The Morgan fingerprint density at radius 1 is 1.18 bits per heavy atom. The average Bonchev–Trinajstić information content (AvgIpc) is 3.21. The fourth-order valence-corrected chi connectivity index (χ4v) is 3.28. The molecule has 142 valence electrons. The van der Waals surface area contributed by atoms with Crippen LogP contribution in [0, 0.1) is 0 Å². The molecule has 3 aromatic rings. The van der Waals surface area contributed by atoms with Crippen LogP contribution in [0.15, 0.2) is 65.3 Å². The standard InChI is InChI=1S/C21H17ClN2O4/c1-13-21(26)24(12-14-4-2-5-15(22)10-14)17-11-16(7-8-18(17)28-13)23-20(25)19-6-3-9-27-19/h2-11,13H,12H2,1H3,(H,23,25). The van der Waals surface area contributed by atoms with Gasteiger partial charge in [0, 0.05) is 10.7 Å². The zero-order chi connectivity index (χ0) is 19.7. The molecule has 1 aliphatic heterocycles. The van der Waals surface area contributed by atoms with Gasteiger partial charge in [0.05, 0.1) is 18.5 Å². The van der Waals surface area contributed by atoms with Crippen LogP contribution in [0.25, 0.3) is 0 Å². The predicted octanol–water partition coefficient (Wildman–Crippen LogP) is 4.50. The van der Waals surface area contributed by atoms with Crippen LogP contribution in [0.1, 0.15) is 23.0 Å². The summed E-state index contributed by atoms with van der Waals surface area (Å²) in [4.78, 5) is 26.6. The van der Waals surface area contributed by atoms with Crippen molar-refractivity contribution in [2.45, 2.75) is 19.6 Å². The van der Waals surface area contributed by atoms with Gasteiger partial charge in [0.25, 0.3) is 11.8 Å². The first-order chi connectivity index (χ1) is 13.5. The van der Waals surface area contributed by atoms with Gasteiger partial charge >= 0.3 is 0 Å². The van der Waals surface area contributed by atoms with Crippen molar-refractivity contribution >= 4 is 34.8 Å². The number of fused-ring (bicyclic) bond motifs is 1. The molecule has 4 rings (SSSR count). The van der Waals surface area contributed by atoms with E-state index in [-0.39, 0.29) is 17.6 Å². The second-order valence-electron chi connectivity index (χ2n) is 6.43. The maximum atomic E-state index is 12.8. The third-order valence-electron chi connectivity index (χ3n) is 4.40. The van der Waals surface area contributed by atoms with E-state index in [2.05, 4.69) is 5.32 Å². The highest BCUT2D eigenvalue weighted by Crippen LogP contribution is 2.37. The topological polar surface area (TPSA) is 71.8 Å². The van der Waals surface area contributed by atoms with Crippen LogP contribution in [0.2, 0.25) is 5.02 Å². The normalized spacial score (nSPS) is 15.7. The Balaban J connectivity index is 1.65. The summed E-state index contributed by atoms with van der Waals surface area (Å²) in [6, 6.07) is 15.7. The van der Waals surface area contributed by atoms with E-state index in [0.717, 1.165) is 5.56 Å². The Kier molecular flexibility index (Phi) is 4.79. The van der Waals surface area contributed by atoms with E-state index < -0.39 is 6.10 Å². The van der Waals surface area contributed by atoms with Gasteiger partial charge in [-0.3, -0.25) is 9.59 Å². The summed E-state index contributed by atoms with van der Waals surface area (Å²) in [5.41, 5.74) is 2.01. The molecule has 0 aliphatic carbocycles. The van der Waals surface area contributed by atoms with Crippen molar-refractivity contribution in [1.82, 2.24) is 0 Å². The summed E-state index contributed by atoms with van der Waals surface area (Å²) in [6.07, 6.45) is 0.831. The van der Waals surface area contributed by atoms with E-state index in [0.29, 0.717) is 28.7 Å². The first-order valence-corrected chi connectivity index (χ1v) is 9.10. The molecule has 2 aromatic carbocycles. The molecule has 0 bridgehead atoms. The van der Waals surface area contributed by atoms with Crippen LogP contribution in [-0.4, -0.2) is 17.9 Å². The van der Waals surface area contributed by atoms with Gasteiger partial charge in [-0.25, -0.2) is 0 Å². The van der Waals surface area contributed by atoms with Crippen LogP contribution in [-0.2, 0) is 11.3 Å². The summed E-state index contributed by atoms with van der Waals surface area (Å²) in [5.74, 6) is 0.240. The SMILES string of the molecule is CC1Oc2ccc(NC(=O)c3ccco3)cc2N(Cc2cccc(Cl)c2)C1=O. The number of carbonyl (C=O) groups excluding carboxylic acids is 2. The summed E-state index contributed by atoms with van der Waals surface area (Å²) in [5, 5.41) is 3.37. The monoisotopic (exact) mass is 396 g/mol. The summed E-state index contributed by atoms with van der Waals surface area (Å²) in [6.45, 7) is 2.05. The molecule has 28 heavy (non-hydrogen) atoms. The molecule has 1 N–H and O–H groups in total. The Morgan fingerprint density at radius 3 is 2.79 bits per heavy atom. The number of halogens is 1. The second-order valence-corrected chi connectivity index (χ2v) is 6.86. The number of carbonyl (C=O) groups is 2. The fraction of sp³-hybridized carbons (Fsp3) is 0.143. The largest absolute Gasteiger partial charge is 0.479 e. The van der Waals surface area contributed by atoms with Crippen molar-refractivity contribution in [3.05, 3.63) is 77.2 Å². The maximum Gasteiger partial charge on any atom is 0.291 e. The maximum absolute atomic E-state index is 12.8. The third-order valence-corrected chi connectivity index (χ3v) is 4.63. The first-order valence-electron chi connectivity index (χ1n) is 8.72. The molecule has 0 fully saturated rings. The molecule has 0 radical (unpaired) electrons. The predicted molar refractivity (Wildman–Crippen MR) is 106 cm³/mol. The molecular weight excluding hydrogens is 380 g/mol. The van der Waals surface area contributed by atoms with Gasteiger partial charge < -0.3 is 19.4 Å². The zero-order valence-corrected chi connectivity index (χ0v) is 15.8. The Morgan fingerprint density at radius 2 is 2.04 bits per heavy atom. The first kappa shape index (κ1) is 18.1.